The lowest BCUT2D eigenvalue weighted by Crippen LogP contribution is -2.18. The van der Waals surface area contributed by atoms with E-state index in [9.17, 15) is 14.4 Å². The standard InChI is InChI=1S/C22H26O4.C15H10N2O2.C3H10N2.CHCl3.CH4/c1-16(23)12-18-4-6-19(7-5-18)13-20-8-10-21(11-9-20)14-22(24)26-15-17(2)25-3;16-10-19-15-7-3-13(4-8-15)9-12-1-5-14(6-2-12)17-11-18;4-2-1-3-5;2-1(3)4;/h4-11,17H,12-15H2,1-3H3;1-8H,9H2;1-5H2;1H;1H4. The summed E-state index contributed by atoms with van der Waals surface area (Å²) >= 11 is 14.4. The quantitative estimate of drug-likeness (QED) is 0.0393. The van der Waals surface area contributed by atoms with Gasteiger partial charge in [-0.15, -0.1) is 5.26 Å². The van der Waals surface area contributed by atoms with Gasteiger partial charge in [-0.05, 0) is 104 Å². The highest BCUT2D eigenvalue weighted by Crippen LogP contribution is 2.18. The monoisotopic (exact) mass is 812 g/mol. The van der Waals surface area contributed by atoms with Gasteiger partial charge in [0.25, 0.3) is 6.26 Å². The first kappa shape index (κ1) is 50.4. The number of carbonyl (C=O) groups excluding carboxylic acids is 3. The zero-order valence-corrected chi connectivity index (χ0v) is 32.9. The second kappa shape index (κ2) is 30.7. The van der Waals surface area contributed by atoms with Crippen molar-refractivity contribution in [3.63, 3.8) is 0 Å². The number of rotatable bonds is 15. The number of benzene rings is 4. The fourth-order valence-electron chi connectivity index (χ4n) is 4.39. The summed E-state index contributed by atoms with van der Waals surface area (Å²) in [5.41, 5.74) is 17.3. The maximum atomic E-state index is 11.8. The van der Waals surface area contributed by atoms with Crippen LogP contribution in [0.3, 0.4) is 0 Å². The molecular formula is C42H51Cl3N4O6. The van der Waals surface area contributed by atoms with Crippen LogP contribution in [0, 0.1) is 11.5 Å². The SMILES string of the molecule is C.COC(C)COC(=O)Cc1ccc(Cc2ccc(CC(C)=O)cc2)cc1.ClC(Cl)Cl.N#COc1ccc(Cc2ccc(N=C=O)cc2)cc1.NCCCN. The van der Waals surface area contributed by atoms with Gasteiger partial charge in [-0.3, -0.25) is 9.59 Å². The van der Waals surface area contributed by atoms with Crippen molar-refractivity contribution in [2.45, 2.75) is 63.8 Å². The lowest BCUT2D eigenvalue weighted by molar-refractivity contribution is -0.146. The minimum Gasteiger partial charge on any atom is -0.463 e. The Bertz CT molecular complexity index is 1720. The normalized spacial score (nSPS) is 10.2. The second-order valence-electron chi connectivity index (χ2n) is 11.7. The number of methoxy groups -OCH3 is 1. The molecule has 0 aromatic heterocycles. The first-order chi connectivity index (χ1) is 25.9. The number of nitriles is 1. The minimum absolute atomic E-state index is 0. The number of halogens is 3. The first-order valence-electron chi connectivity index (χ1n) is 16.9. The molecule has 0 saturated carbocycles. The van der Waals surface area contributed by atoms with Crippen molar-refractivity contribution in [2.24, 2.45) is 16.5 Å². The van der Waals surface area contributed by atoms with Crippen LogP contribution in [0.25, 0.3) is 0 Å². The number of nitrogens with two attached hydrogens (primary N) is 2. The van der Waals surface area contributed by atoms with Crippen LogP contribution in [0.5, 0.6) is 5.75 Å². The van der Waals surface area contributed by atoms with Gasteiger partial charge in [0.15, 0.2) is 4.30 Å². The van der Waals surface area contributed by atoms with E-state index in [-0.39, 0.29) is 38.3 Å². The number of hydrogen-bond donors (Lipinski definition) is 2. The molecule has 0 fully saturated rings. The van der Waals surface area contributed by atoms with Crippen LogP contribution in [-0.4, -0.2) is 55.0 Å². The highest BCUT2D eigenvalue weighted by Gasteiger charge is 2.08. The van der Waals surface area contributed by atoms with E-state index in [0.29, 0.717) is 17.9 Å². The van der Waals surface area contributed by atoms with E-state index in [0.717, 1.165) is 54.6 Å². The highest BCUT2D eigenvalue weighted by atomic mass is 35.6. The minimum atomic E-state index is -0.750. The van der Waals surface area contributed by atoms with Gasteiger partial charge in [-0.2, -0.15) is 4.99 Å². The molecule has 4 aromatic rings. The Morgan fingerprint density at radius 3 is 1.51 bits per heavy atom. The number of esters is 1. The van der Waals surface area contributed by atoms with Crippen molar-refractivity contribution in [1.82, 2.24) is 0 Å². The number of ether oxygens (including phenoxy) is 3. The summed E-state index contributed by atoms with van der Waals surface area (Å²) in [4.78, 5) is 36.6. The van der Waals surface area contributed by atoms with Crippen LogP contribution in [0.15, 0.2) is 102 Å². The summed E-state index contributed by atoms with van der Waals surface area (Å²) in [5, 5.41) is 8.39. The molecular weight excluding hydrogens is 763 g/mol. The van der Waals surface area contributed by atoms with Crippen LogP contribution < -0.4 is 16.2 Å². The fraction of sp³-hybridized carbons (Fsp3) is 0.333. The molecule has 0 aliphatic carbocycles. The van der Waals surface area contributed by atoms with E-state index in [2.05, 4.69) is 17.1 Å². The Labute approximate surface area is 340 Å². The second-order valence-corrected chi connectivity index (χ2v) is 13.6. The van der Waals surface area contributed by atoms with Crippen LogP contribution in [-0.2, 0) is 49.5 Å². The maximum absolute atomic E-state index is 11.8. The number of nitrogens with zero attached hydrogens (tertiary/aromatic N) is 2. The van der Waals surface area contributed by atoms with Crippen LogP contribution >= 0.6 is 34.8 Å². The number of isocyanates is 1. The van der Waals surface area contributed by atoms with Crippen LogP contribution in [0.1, 0.15) is 61.1 Å². The molecule has 10 nitrogen and oxygen atoms in total. The van der Waals surface area contributed by atoms with Crippen LogP contribution in [0.4, 0.5) is 5.69 Å². The molecule has 4 N–H and O–H groups in total. The lowest BCUT2D eigenvalue weighted by Gasteiger charge is -2.10. The van der Waals surface area contributed by atoms with Crippen molar-refractivity contribution in [1.29, 1.82) is 5.26 Å². The molecule has 1 atom stereocenters. The van der Waals surface area contributed by atoms with Gasteiger partial charge < -0.3 is 25.7 Å². The van der Waals surface area contributed by atoms with E-state index in [4.69, 9.17) is 65.7 Å². The fourth-order valence-corrected chi connectivity index (χ4v) is 4.39. The Kier molecular flexibility index (Phi) is 28.2. The molecule has 0 aliphatic heterocycles. The zero-order chi connectivity index (χ0) is 40.1. The average molecular weight is 814 g/mol. The van der Waals surface area contributed by atoms with Gasteiger partial charge in [0.1, 0.15) is 18.1 Å². The molecule has 0 amide bonds. The van der Waals surface area contributed by atoms with Gasteiger partial charge >= 0.3 is 5.97 Å². The van der Waals surface area contributed by atoms with Crippen molar-refractivity contribution in [2.75, 3.05) is 26.8 Å². The van der Waals surface area contributed by atoms with Gasteiger partial charge in [-0.1, -0.05) is 115 Å². The number of hydrogen-bond acceptors (Lipinski definition) is 10. The Morgan fingerprint density at radius 1 is 0.745 bits per heavy atom. The average Bonchev–Trinajstić information content (AvgIpc) is 3.14. The Hall–Kier alpha value is -4.56. The van der Waals surface area contributed by atoms with E-state index >= 15 is 0 Å². The lowest BCUT2D eigenvalue weighted by atomic mass is 10.0. The van der Waals surface area contributed by atoms with E-state index in [1.807, 2.05) is 67.6 Å². The summed E-state index contributed by atoms with van der Waals surface area (Å²) in [5.74, 6) is 0.452. The van der Waals surface area contributed by atoms with Crippen molar-refractivity contribution >= 4 is 58.3 Å². The molecule has 13 heteroatoms. The maximum Gasteiger partial charge on any atom is 0.310 e. The molecule has 0 radical (unpaired) electrons. The van der Waals surface area contributed by atoms with E-state index in [1.54, 1.807) is 44.6 Å². The summed E-state index contributed by atoms with van der Waals surface area (Å²) in [6.45, 7) is 5.16. The van der Waals surface area contributed by atoms with Crippen molar-refractivity contribution < 1.29 is 28.6 Å². The molecule has 0 spiro atoms. The number of ketones is 1. The predicted octanol–water partition coefficient (Wildman–Crippen LogP) is 8.55. The van der Waals surface area contributed by atoms with E-state index < -0.39 is 4.30 Å². The third-order valence-electron chi connectivity index (χ3n) is 7.15. The summed E-state index contributed by atoms with van der Waals surface area (Å²) in [7, 11) is 1.59. The van der Waals surface area contributed by atoms with Gasteiger partial charge in [0.05, 0.1) is 18.2 Å². The van der Waals surface area contributed by atoms with Gasteiger partial charge in [0, 0.05) is 13.5 Å². The molecule has 0 aliphatic rings. The predicted molar refractivity (Wildman–Crippen MR) is 222 cm³/mol. The highest BCUT2D eigenvalue weighted by molar-refractivity contribution is 6.63. The van der Waals surface area contributed by atoms with E-state index in [1.165, 1.54) is 17.2 Å². The molecule has 0 saturated heterocycles. The third kappa shape index (κ3) is 25.2. The molecule has 296 valence electrons. The topological polar surface area (TPSA) is 167 Å². The Balaban J connectivity index is 0.000000878. The smallest absolute Gasteiger partial charge is 0.310 e. The van der Waals surface area contributed by atoms with Crippen molar-refractivity contribution in [3.8, 4) is 12.0 Å². The molecule has 0 heterocycles. The number of aliphatic imine (C=N–C) groups is 1. The van der Waals surface area contributed by atoms with Gasteiger partial charge in [-0.25, -0.2) is 4.79 Å². The Morgan fingerprint density at radius 2 is 1.15 bits per heavy atom. The number of alkyl halides is 3. The first-order valence-corrected chi connectivity index (χ1v) is 18.2. The zero-order valence-electron chi connectivity index (χ0n) is 30.7. The molecule has 55 heavy (non-hydrogen) atoms. The molecule has 4 aromatic carbocycles. The number of Topliss-reactive ketones (excluding diaryl/α,β-unsaturated/α-hetero) is 1. The van der Waals surface area contributed by atoms with Crippen molar-refractivity contribution in [3.05, 3.63) is 130 Å². The third-order valence-corrected chi connectivity index (χ3v) is 7.15. The summed E-state index contributed by atoms with van der Waals surface area (Å²) < 4.78 is 14.2. The molecule has 4 rings (SSSR count). The summed E-state index contributed by atoms with van der Waals surface area (Å²) in [6.07, 6.45) is 6.30. The largest absolute Gasteiger partial charge is 0.463 e. The molecule has 1 unspecified atom stereocenters. The van der Waals surface area contributed by atoms with Crippen LogP contribution in [0.2, 0.25) is 0 Å². The van der Waals surface area contributed by atoms with Gasteiger partial charge in [0.2, 0.25) is 6.08 Å². The summed E-state index contributed by atoms with van der Waals surface area (Å²) in [6, 6.07) is 30.8. The number of carbonyl (C=O) groups is 2. The molecule has 0 bridgehead atoms.